The molecule has 0 aliphatic rings. The van der Waals surface area contributed by atoms with Gasteiger partial charge in [0.25, 0.3) is 0 Å². The van der Waals surface area contributed by atoms with Gasteiger partial charge in [0.2, 0.25) is 0 Å². The normalized spacial score (nSPS) is 11.3. The summed E-state index contributed by atoms with van der Waals surface area (Å²) in [4.78, 5) is 0. The lowest BCUT2D eigenvalue weighted by Crippen LogP contribution is -1.97. The third-order valence-electron chi connectivity index (χ3n) is 6.31. The summed E-state index contributed by atoms with van der Waals surface area (Å²) in [5.74, 6) is 0. The van der Waals surface area contributed by atoms with Crippen molar-refractivity contribution in [1.82, 2.24) is 4.57 Å². The molecule has 1 aromatic heterocycles. The van der Waals surface area contributed by atoms with E-state index < -0.39 is 0 Å². The molecule has 6 rings (SSSR count). The van der Waals surface area contributed by atoms with Crippen LogP contribution in [0.15, 0.2) is 121 Å². The van der Waals surface area contributed by atoms with Crippen molar-refractivity contribution in [3.8, 4) is 5.69 Å². The maximum atomic E-state index is 2.41. The Kier molecular flexibility index (Phi) is 4.40. The fourth-order valence-electron chi connectivity index (χ4n) is 4.80. The molecule has 0 radical (unpaired) electrons. The van der Waals surface area contributed by atoms with Crippen molar-refractivity contribution in [2.75, 3.05) is 0 Å². The number of hydrogen-bond donors (Lipinski definition) is 0. The molecule has 0 fully saturated rings. The van der Waals surface area contributed by atoms with E-state index in [-0.39, 0.29) is 0 Å². The molecule has 0 amide bonds. The van der Waals surface area contributed by atoms with Gasteiger partial charge in [-0.25, -0.2) is 0 Å². The number of para-hydroxylation sites is 2. The SMILES string of the molecule is Cc1ccc(-n2c3ccccc3c3ccccc3c3ccccc3c3ccccc32)cc1. The topological polar surface area (TPSA) is 4.93 Å². The largest absolute Gasteiger partial charge is 0.309 e. The van der Waals surface area contributed by atoms with Crippen molar-refractivity contribution in [2.45, 2.75) is 6.92 Å². The van der Waals surface area contributed by atoms with Crippen molar-refractivity contribution < 1.29 is 0 Å². The molecule has 0 unspecified atom stereocenters. The Bertz CT molecular complexity index is 1570. The van der Waals surface area contributed by atoms with Crippen LogP contribution in [0.4, 0.5) is 0 Å². The van der Waals surface area contributed by atoms with E-state index in [1.807, 2.05) is 0 Å². The Balaban J connectivity index is 2.05. The van der Waals surface area contributed by atoms with E-state index in [1.54, 1.807) is 0 Å². The maximum absolute atomic E-state index is 2.41. The summed E-state index contributed by atoms with van der Waals surface area (Å²) in [6.07, 6.45) is 0. The van der Waals surface area contributed by atoms with Crippen LogP contribution in [0.2, 0.25) is 0 Å². The van der Waals surface area contributed by atoms with E-state index in [9.17, 15) is 0 Å². The molecule has 152 valence electrons. The molecule has 6 aromatic rings. The second kappa shape index (κ2) is 7.55. The quantitative estimate of drug-likeness (QED) is 0.256. The van der Waals surface area contributed by atoms with Crippen LogP contribution < -0.4 is 0 Å². The van der Waals surface area contributed by atoms with E-state index in [1.165, 1.54) is 48.9 Å². The Morgan fingerprint density at radius 1 is 0.375 bits per heavy atom. The first-order chi connectivity index (χ1) is 15.8. The van der Waals surface area contributed by atoms with Crippen molar-refractivity contribution in [1.29, 1.82) is 0 Å². The van der Waals surface area contributed by atoms with Crippen LogP contribution in [0.25, 0.3) is 49.0 Å². The molecule has 0 aliphatic carbocycles. The number of rotatable bonds is 1. The lowest BCUT2D eigenvalue weighted by atomic mass is 10.0. The zero-order chi connectivity index (χ0) is 21.5. The van der Waals surface area contributed by atoms with Crippen LogP contribution in [-0.2, 0) is 0 Å². The van der Waals surface area contributed by atoms with Crippen LogP contribution in [0, 0.1) is 6.92 Å². The minimum Gasteiger partial charge on any atom is -0.309 e. The second-order valence-corrected chi connectivity index (χ2v) is 8.30. The molecule has 0 N–H and O–H groups in total. The molecule has 0 spiro atoms. The van der Waals surface area contributed by atoms with E-state index >= 15 is 0 Å². The molecule has 1 heteroatoms. The van der Waals surface area contributed by atoms with E-state index in [0.29, 0.717) is 0 Å². The first kappa shape index (κ1) is 18.7. The first-order valence-electron chi connectivity index (χ1n) is 11.1. The van der Waals surface area contributed by atoms with Gasteiger partial charge in [0.1, 0.15) is 0 Å². The van der Waals surface area contributed by atoms with Gasteiger partial charge in [0, 0.05) is 16.5 Å². The summed E-state index contributed by atoms with van der Waals surface area (Å²) in [6.45, 7) is 2.14. The van der Waals surface area contributed by atoms with Gasteiger partial charge < -0.3 is 4.57 Å². The lowest BCUT2D eigenvalue weighted by Gasteiger charge is -2.14. The fourth-order valence-corrected chi connectivity index (χ4v) is 4.80. The molecule has 0 atom stereocenters. The highest BCUT2D eigenvalue weighted by molar-refractivity contribution is 6.19. The molecule has 5 aromatic carbocycles. The molecule has 0 bridgehead atoms. The van der Waals surface area contributed by atoms with Gasteiger partial charge in [-0.1, -0.05) is 103 Å². The summed E-state index contributed by atoms with van der Waals surface area (Å²) in [7, 11) is 0. The Hall–Kier alpha value is -4.10. The predicted octanol–water partition coefficient (Wildman–Crippen LogP) is 8.52. The average molecular weight is 410 g/mol. The van der Waals surface area contributed by atoms with Crippen LogP contribution in [0.1, 0.15) is 5.56 Å². The fraction of sp³-hybridized carbons (Fsp3) is 0.0323. The number of nitrogens with zero attached hydrogens (tertiary/aromatic N) is 1. The number of aryl methyl sites for hydroxylation is 1. The highest BCUT2D eigenvalue weighted by Gasteiger charge is 2.09. The van der Waals surface area contributed by atoms with E-state index in [2.05, 4.69) is 133 Å². The second-order valence-electron chi connectivity index (χ2n) is 8.30. The average Bonchev–Trinajstić information content (AvgIpc) is 2.90. The third kappa shape index (κ3) is 2.94. The van der Waals surface area contributed by atoms with E-state index in [0.717, 1.165) is 5.69 Å². The number of hydrogen-bond acceptors (Lipinski definition) is 0. The third-order valence-corrected chi connectivity index (χ3v) is 6.31. The standard InChI is InChI=1S/C31H23N/c1-22-18-20-23(21-19-22)32-30-16-8-6-14-28(30)26-12-4-2-10-24(26)25-11-3-5-13-27(25)29-15-7-9-17-31(29)32/h2-21H,1H3. The van der Waals surface area contributed by atoms with Crippen molar-refractivity contribution in [3.63, 3.8) is 0 Å². The minimum atomic E-state index is 1.16. The van der Waals surface area contributed by atoms with E-state index in [4.69, 9.17) is 0 Å². The van der Waals surface area contributed by atoms with Crippen LogP contribution in [0.5, 0.6) is 0 Å². The summed E-state index contributed by atoms with van der Waals surface area (Å²) in [6, 6.07) is 43.9. The highest BCUT2D eigenvalue weighted by atomic mass is 15.0. The first-order valence-corrected chi connectivity index (χ1v) is 11.1. The Labute approximate surface area is 187 Å². The molecule has 1 heterocycles. The summed E-state index contributed by atoms with van der Waals surface area (Å²) >= 11 is 0. The van der Waals surface area contributed by atoms with Gasteiger partial charge in [0.15, 0.2) is 0 Å². The van der Waals surface area contributed by atoms with Crippen LogP contribution in [-0.4, -0.2) is 4.57 Å². The van der Waals surface area contributed by atoms with Gasteiger partial charge in [0.05, 0.1) is 11.0 Å². The maximum Gasteiger partial charge on any atom is 0.0540 e. The molecule has 0 aliphatic heterocycles. The summed E-state index contributed by atoms with van der Waals surface area (Å²) in [5.41, 5.74) is 4.79. The van der Waals surface area contributed by atoms with Gasteiger partial charge in [-0.05, 0) is 52.7 Å². The van der Waals surface area contributed by atoms with Crippen molar-refractivity contribution >= 4 is 43.4 Å². The lowest BCUT2D eigenvalue weighted by molar-refractivity contribution is 1.17. The minimum absolute atomic E-state index is 1.16. The van der Waals surface area contributed by atoms with Crippen LogP contribution in [0.3, 0.4) is 0 Å². The Morgan fingerprint density at radius 2 is 0.719 bits per heavy atom. The van der Waals surface area contributed by atoms with Gasteiger partial charge in [-0.3, -0.25) is 0 Å². The molecule has 32 heavy (non-hydrogen) atoms. The number of fused-ring (bicyclic) bond motifs is 7. The van der Waals surface area contributed by atoms with Crippen molar-refractivity contribution in [2.24, 2.45) is 0 Å². The van der Waals surface area contributed by atoms with Gasteiger partial charge in [-0.15, -0.1) is 0 Å². The van der Waals surface area contributed by atoms with Gasteiger partial charge in [-0.2, -0.15) is 0 Å². The smallest absolute Gasteiger partial charge is 0.0540 e. The highest BCUT2D eigenvalue weighted by Crippen LogP contribution is 2.33. The monoisotopic (exact) mass is 409 g/mol. The van der Waals surface area contributed by atoms with Crippen LogP contribution >= 0.6 is 0 Å². The van der Waals surface area contributed by atoms with Gasteiger partial charge >= 0.3 is 0 Å². The Morgan fingerprint density at radius 3 is 1.16 bits per heavy atom. The molecule has 1 nitrogen and oxygen atoms in total. The zero-order valence-corrected chi connectivity index (χ0v) is 18.0. The van der Waals surface area contributed by atoms with Crippen molar-refractivity contribution in [3.05, 3.63) is 127 Å². The number of benzene rings is 5. The molecular formula is C31H23N. The molecule has 0 saturated heterocycles. The molecular weight excluding hydrogens is 386 g/mol. The predicted molar refractivity (Wildman–Crippen MR) is 138 cm³/mol. The summed E-state index contributed by atoms with van der Waals surface area (Å²) < 4.78 is 2.41. The zero-order valence-electron chi connectivity index (χ0n) is 18.0. The molecule has 0 saturated carbocycles. The number of aromatic nitrogens is 1. The summed E-state index contributed by atoms with van der Waals surface area (Å²) in [5, 5.41) is 7.48.